The van der Waals surface area contributed by atoms with Crippen LogP contribution in [0.5, 0.6) is 0 Å². The Labute approximate surface area is 183 Å². The summed E-state index contributed by atoms with van der Waals surface area (Å²) in [4.78, 5) is 12.6. The summed E-state index contributed by atoms with van der Waals surface area (Å²) in [5.41, 5.74) is 2.02. The summed E-state index contributed by atoms with van der Waals surface area (Å²) >= 11 is 0. The molecule has 0 bridgehead atoms. The highest BCUT2D eigenvalue weighted by Crippen LogP contribution is 2.23. The lowest BCUT2D eigenvalue weighted by atomic mass is 10.0. The van der Waals surface area contributed by atoms with E-state index in [9.17, 15) is 17.6 Å². The van der Waals surface area contributed by atoms with E-state index in [0.717, 1.165) is 5.56 Å². The van der Waals surface area contributed by atoms with Crippen molar-refractivity contribution in [3.05, 3.63) is 95.3 Å². The lowest BCUT2D eigenvalue weighted by Crippen LogP contribution is -2.15. The van der Waals surface area contributed by atoms with Crippen LogP contribution in [0.1, 0.15) is 34.3 Å². The van der Waals surface area contributed by atoms with Gasteiger partial charge in [0.2, 0.25) is 0 Å². The Bertz CT molecular complexity index is 1130. The van der Waals surface area contributed by atoms with Gasteiger partial charge in [0.15, 0.2) is 9.84 Å². The summed E-state index contributed by atoms with van der Waals surface area (Å²) in [6.07, 6.45) is 0. The predicted octanol–water partition coefficient (Wildman–Crippen LogP) is 5.08. The van der Waals surface area contributed by atoms with Crippen molar-refractivity contribution in [1.82, 2.24) is 0 Å². The summed E-state index contributed by atoms with van der Waals surface area (Å²) in [7, 11) is -3.58. The van der Waals surface area contributed by atoms with E-state index in [1.54, 1.807) is 19.1 Å². The number of nitrogens with one attached hydrogen (secondary N) is 1. The smallest absolute Gasteiger partial charge is 0.255 e. The second-order valence-electron chi connectivity index (χ2n) is 7.04. The summed E-state index contributed by atoms with van der Waals surface area (Å²) in [5.74, 6) is -1.05. The van der Waals surface area contributed by atoms with Crippen molar-refractivity contribution in [2.24, 2.45) is 0 Å². The quantitative estimate of drug-likeness (QED) is 0.576. The molecule has 4 nitrogen and oxygen atoms in total. The molecule has 1 atom stereocenters. The fourth-order valence-corrected chi connectivity index (χ4v) is 4.70. The molecule has 1 amide bonds. The molecule has 0 saturated carbocycles. The van der Waals surface area contributed by atoms with Crippen LogP contribution in [0.4, 0.5) is 10.1 Å². The van der Waals surface area contributed by atoms with Crippen LogP contribution >= 0.6 is 13.5 Å². The number of hydrogen-bond acceptors (Lipinski definition) is 3. The molecule has 7 heteroatoms. The van der Waals surface area contributed by atoms with Gasteiger partial charge in [0.25, 0.3) is 5.91 Å². The third kappa shape index (κ3) is 5.70. The number of amides is 1. The van der Waals surface area contributed by atoms with Gasteiger partial charge in [-0.25, -0.2) is 12.8 Å². The molecular formula is C23H24FNO3S2. The molecule has 0 aliphatic rings. The Morgan fingerprint density at radius 1 is 1.00 bits per heavy atom. The van der Waals surface area contributed by atoms with Crippen molar-refractivity contribution in [3.63, 3.8) is 0 Å². The van der Waals surface area contributed by atoms with Gasteiger partial charge in [-0.15, -0.1) is 0 Å². The summed E-state index contributed by atoms with van der Waals surface area (Å²) < 4.78 is 39.1. The lowest BCUT2D eigenvalue weighted by molar-refractivity contribution is 0.102. The van der Waals surface area contributed by atoms with Gasteiger partial charge in [-0.1, -0.05) is 43.3 Å². The van der Waals surface area contributed by atoms with E-state index in [2.05, 4.69) is 5.32 Å². The van der Waals surface area contributed by atoms with Crippen LogP contribution in [0.15, 0.2) is 77.7 Å². The maximum Gasteiger partial charge on any atom is 0.255 e. The van der Waals surface area contributed by atoms with Crippen LogP contribution in [-0.4, -0.2) is 20.1 Å². The maximum absolute atomic E-state index is 13.4. The standard InChI is InChI=1S/C23H22FNO3S.H2S/c1-16-13-20(11-12-22(16)24)25-23(26)19-9-6-10-21(14-19)29(27,28)15-17(2)18-7-4-3-5-8-18;/h3-14,17H,15H2,1-2H3,(H,25,26);1H2/t17-;/m1./s1. The number of sulfone groups is 1. The molecule has 0 aromatic heterocycles. The predicted molar refractivity (Wildman–Crippen MR) is 123 cm³/mol. The van der Waals surface area contributed by atoms with Gasteiger partial charge in [0.05, 0.1) is 10.6 Å². The van der Waals surface area contributed by atoms with Gasteiger partial charge >= 0.3 is 0 Å². The minimum absolute atomic E-state index is 0. The van der Waals surface area contributed by atoms with E-state index in [1.807, 2.05) is 37.3 Å². The maximum atomic E-state index is 13.4. The van der Waals surface area contributed by atoms with E-state index in [-0.39, 0.29) is 41.4 Å². The van der Waals surface area contributed by atoms with Crippen molar-refractivity contribution in [2.45, 2.75) is 24.7 Å². The zero-order chi connectivity index (χ0) is 21.0. The summed E-state index contributed by atoms with van der Waals surface area (Å²) in [6.45, 7) is 3.46. The number of halogens is 1. The number of carbonyl (C=O) groups is 1. The Morgan fingerprint density at radius 3 is 2.37 bits per heavy atom. The summed E-state index contributed by atoms with van der Waals surface area (Å²) in [5, 5.41) is 2.67. The minimum Gasteiger partial charge on any atom is -0.322 e. The normalized spacial score (nSPS) is 12.0. The molecule has 3 rings (SSSR count). The van der Waals surface area contributed by atoms with E-state index in [0.29, 0.717) is 11.3 Å². The molecule has 0 unspecified atom stereocenters. The monoisotopic (exact) mass is 445 g/mol. The first kappa shape index (κ1) is 23.6. The second kappa shape index (κ2) is 9.91. The average molecular weight is 446 g/mol. The number of hydrogen-bond donors (Lipinski definition) is 1. The Hall–Kier alpha value is -2.64. The van der Waals surface area contributed by atoms with Crippen molar-refractivity contribution in [2.75, 3.05) is 11.1 Å². The molecule has 0 saturated heterocycles. The molecule has 0 aliphatic heterocycles. The zero-order valence-electron chi connectivity index (χ0n) is 16.7. The number of anilines is 1. The third-order valence-corrected chi connectivity index (χ3v) is 6.62. The van der Waals surface area contributed by atoms with Crippen LogP contribution in [-0.2, 0) is 9.84 Å². The van der Waals surface area contributed by atoms with Gasteiger partial charge in [0, 0.05) is 11.3 Å². The molecule has 0 fully saturated rings. The van der Waals surface area contributed by atoms with Crippen molar-refractivity contribution < 1.29 is 17.6 Å². The van der Waals surface area contributed by atoms with Gasteiger partial charge in [0.1, 0.15) is 5.82 Å². The molecule has 3 aromatic carbocycles. The largest absolute Gasteiger partial charge is 0.322 e. The van der Waals surface area contributed by atoms with Crippen molar-refractivity contribution >= 4 is 34.9 Å². The highest BCUT2D eigenvalue weighted by Gasteiger charge is 2.21. The van der Waals surface area contributed by atoms with Crippen LogP contribution in [0, 0.1) is 12.7 Å². The molecule has 0 radical (unpaired) electrons. The Balaban J connectivity index is 0.00000320. The van der Waals surface area contributed by atoms with E-state index in [4.69, 9.17) is 0 Å². The topological polar surface area (TPSA) is 63.2 Å². The third-order valence-electron chi connectivity index (χ3n) is 4.71. The van der Waals surface area contributed by atoms with Gasteiger partial charge in [-0.3, -0.25) is 4.79 Å². The SMILES string of the molecule is Cc1cc(NC(=O)c2cccc(S(=O)(=O)C[C@@H](C)c3ccccc3)c2)ccc1F.S. The summed E-state index contributed by atoms with van der Waals surface area (Å²) in [6, 6.07) is 19.6. The Kier molecular flexibility index (Phi) is 7.81. The highest BCUT2D eigenvalue weighted by atomic mass is 32.2. The molecule has 3 aromatic rings. The first-order valence-corrected chi connectivity index (χ1v) is 10.9. The van der Waals surface area contributed by atoms with Gasteiger partial charge in [-0.05, 0) is 60.4 Å². The van der Waals surface area contributed by atoms with E-state index >= 15 is 0 Å². The molecule has 1 N–H and O–H groups in total. The van der Waals surface area contributed by atoms with Crippen LogP contribution < -0.4 is 5.32 Å². The van der Waals surface area contributed by atoms with Crippen LogP contribution in [0.25, 0.3) is 0 Å². The van der Waals surface area contributed by atoms with Crippen LogP contribution in [0.3, 0.4) is 0 Å². The van der Waals surface area contributed by atoms with Gasteiger partial charge < -0.3 is 5.32 Å². The average Bonchev–Trinajstić information content (AvgIpc) is 2.71. The zero-order valence-corrected chi connectivity index (χ0v) is 18.5. The molecule has 0 heterocycles. The number of carbonyl (C=O) groups excluding carboxylic acids is 1. The number of rotatable bonds is 6. The second-order valence-corrected chi connectivity index (χ2v) is 9.07. The highest BCUT2D eigenvalue weighted by molar-refractivity contribution is 7.91. The van der Waals surface area contributed by atoms with Crippen LogP contribution in [0.2, 0.25) is 0 Å². The molecular weight excluding hydrogens is 421 g/mol. The molecule has 158 valence electrons. The molecule has 0 spiro atoms. The molecule has 30 heavy (non-hydrogen) atoms. The number of benzene rings is 3. The van der Waals surface area contributed by atoms with E-state index in [1.165, 1.54) is 30.3 Å². The fourth-order valence-electron chi connectivity index (χ4n) is 3.06. The fraction of sp³-hybridized carbons (Fsp3) is 0.174. The van der Waals surface area contributed by atoms with Crippen molar-refractivity contribution in [3.8, 4) is 0 Å². The van der Waals surface area contributed by atoms with E-state index < -0.39 is 15.7 Å². The molecule has 0 aliphatic carbocycles. The first-order valence-electron chi connectivity index (χ1n) is 9.21. The van der Waals surface area contributed by atoms with Gasteiger partial charge in [-0.2, -0.15) is 13.5 Å². The first-order chi connectivity index (χ1) is 13.8. The lowest BCUT2D eigenvalue weighted by Gasteiger charge is -2.13. The Morgan fingerprint density at radius 2 is 1.70 bits per heavy atom. The minimum atomic E-state index is -3.58. The van der Waals surface area contributed by atoms with Crippen molar-refractivity contribution in [1.29, 1.82) is 0 Å². The number of aryl methyl sites for hydroxylation is 1.